The second kappa shape index (κ2) is 8.52. The van der Waals surface area contributed by atoms with Crippen LogP contribution in [-0.2, 0) is 17.4 Å². The van der Waals surface area contributed by atoms with E-state index in [0.29, 0.717) is 38.3 Å². The summed E-state index contributed by atoms with van der Waals surface area (Å²) in [4.78, 5) is 14.3. The molecule has 1 aliphatic heterocycles. The van der Waals surface area contributed by atoms with Gasteiger partial charge >= 0.3 is 6.18 Å². The minimum Gasteiger partial charge on any atom is -0.356 e. The number of aromatic amines is 1. The number of hydrogen-bond acceptors (Lipinski definition) is 6. The van der Waals surface area contributed by atoms with Crippen LogP contribution < -0.4 is 10.2 Å². The van der Waals surface area contributed by atoms with Crippen LogP contribution >= 0.6 is 0 Å². The molecule has 0 aromatic carbocycles. The maximum absolute atomic E-state index is 13.1. The molecule has 4 rings (SSSR count). The van der Waals surface area contributed by atoms with Gasteiger partial charge < -0.3 is 10.2 Å². The molecule has 1 saturated heterocycles. The van der Waals surface area contributed by atoms with Crippen molar-refractivity contribution < 1.29 is 18.0 Å². The molecule has 1 amide bonds. The summed E-state index contributed by atoms with van der Waals surface area (Å²) < 4.78 is 39.9. The number of piperidine rings is 1. The Labute approximate surface area is 176 Å². The van der Waals surface area contributed by atoms with E-state index >= 15 is 0 Å². The number of alkyl halides is 3. The van der Waals surface area contributed by atoms with E-state index in [-0.39, 0.29) is 17.5 Å². The third-order valence-corrected chi connectivity index (χ3v) is 5.55. The second-order valence-electron chi connectivity index (χ2n) is 7.66. The summed E-state index contributed by atoms with van der Waals surface area (Å²) in [6, 6.07) is 3.09. The molecule has 3 aromatic rings. The molecule has 0 unspecified atom stereocenters. The van der Waals surface area contributed by atoms with E-state index in [1.54, 1.807) is 12.3 Å². The first kappa shape index (κ1) is 21.1. The molecule has 4 heterocycles. The predicted molar refractivity (Wildman–Crippen MR) is 105 cm³/mol. The summed E-state index contributed by atoms with van der Waals surface area (Å²) in [5.74, 6) is -0.835. The quantitative estimate of drug-likeness (QED) is 0.574. The highest BCUT2D eigenvalue weighted by atomic mass is 19.4. The average molecular weight is 436 g/mol. The van der Waals surface area contributed by atoms with Gasteiger partial charge in [-0.3, -0.25) is 9.89 Å². The number of nitrogens with one attached hydrogen (secondary N) is 2. The fourth-order valence-corrected chi connectivity index (χ4v) is 3.76. The number of hydrogen-bond donors (Lipinski definition) is 2. The summed E-state index contributed by atoms with van der Waals surface area (Å²) >= 11 is 0. The van der Waals surface area contributed by atoms with Gasteiger partial charge in [-0.1, -0.05) is 0 Å². The number of halogens is 3. The molecule has 2 N–H and O–H groups in total. The summed E-state index contributed by atoms with van der Waals surface area (Å²) in [5, 5.41) is 20.7. The molecule has 3 aromatic heterocycles. The van der Waals surface area contributed by atoms with Crippen LogP contribution in [0.15, 0.2) is 18.3 Å². The zero-order chi connectivity index (χ0) is 22.0. The number of fused-ring (bicyclic) bond motifs is 1. The van der Waals surface area contributed by atoms with Crippen molar-refractivity contribution in [2.24, 2.45) is 5.92 Å². The molecule has 0 aliphatic carbocycles. The molecule has 0 spiro atoms. The third-order valence-electron chi connectivity index (χ3n) is 5.55. The Morgan fingerprint density at radius 1 is 1.26 bits per heavy atom. The van der Waals surface area contributed by atoms with Crippen molar-refractivity contribution in [3.63, 3.8) is 0 Å². The van der Waals surface area contributed by atoms with Gasteiger partial charge in [0.1, 0.15) is 5.82 Å². The van der Waals surface area contributed by atoms with Crippen LogP contribution in [0.25, 0.3) is 5.65 Å². The molecule has 0 radical (unpaired) electrons. The molecular formula is C19H23F3N8O. The molecule has 0 bridgehead atoms. The highest BCUT2D eigenvalue weighted by molar-refractivity contribution is 5.78. The number of H-pyrrole nitrogens is 1. The smallest absolute Gasteiger partial charge is 0.356 e. The summed E-state index contributed by atoms with van der Waals surface area (Å²) in [7, 11) is 0. The lowest BCUT2D eigenvalue weighted by molar-refractivity contribution is -0.146. The zero-order valence-electron chi connectivity index (χ0n) is 17.0. The minimum absolute atomic E-state index is 0.0187. The summed E-state index contributed by atoms with van der Waals surface area (Å²) in [6.07, 6.45) is 0.0667. The highest BCUT2D eigenvalue weighted by Gasteiger charge is 2.38. The standard InChI is InChI=1S/C19H23F3N8O/c1-12-14(11-24-25-12)3-2-8-23-17(31)13-6-9-29(10-7-13)16-5-4-15-26-27-18(19(20,21)22)30(15)28-16/h4-5,11,13H,2-3,6-10H2,1H3,(H,23,31)(H,24,25). The number of carbonyl (C=O) groups is 1. The fourth-order valence-electron chi connectivity index (χ4n) is 3.76. The Morgan fingerprint density at radius 2 is 2.03 bits per heavy atom. The molecule has 31 heavy (non-hydrogen) atoms. The highest BCUT2D eigenvalue weighted by Crippen LogP contribution is 2.28. The number of anilines is 1. The molecule has 1 fully saturated rings. The van der Waals surface area contributed by atoms with Crippen molar-refractivity contribution in [2.75, 3.05) is 24.5 Å². The van der Waals surface area contributed by atoms with Crippen molar-refractivity contribution in [1.82, 2.24) is 35.3 Å². The average Bonchev–Trinajstić information content (AvgIpc) is 3.36. The lowest BCUT2D eigenvalue weighted by Gasteiger charge is -2.32. The van der Waals surface area contributed by atoms with Gasteiger partial charge in [-0.15, -0.1) is 15.3 Å². The van der Waals surface area contributed by atoms with Gasteiger partial charge in [-0.2, -0.15) is 22.8 Å². The van der Waals surface area contributed by atoms with Gasteiger partial charge in [-0.05, 0) is 50.3 Å². The van der Waals surface area contributed by atoms with Crippen LogP contribution in [-0.4, -0.2) is 55.6 Å². The molecule has 0 saturated carbocycles. The Bertz CT molecular complexity index is 1050. The number of nitrogens with zero attached hydrogens (tertiary/aromatic N) is 6. The lowest BCUT2D eigenvalue weighted by atomic mass is 9.96. The van der Waals surface area contributed by atoms with E-state index < -0.39 is 12.0 Å². The van der Waals surface area contributed by atoms with Gasteiger partial charge in [0.2, 0.25) is 5.91 Å². The monoisotopic (exact) mass is 436 g/mol. The van der Waals surface area contributed by atoms with Crippen molar-refractivity contribution in [1.29, 1.82) is 0 Å². The van der Waals surface area contributed by atoms with Crippen LogP contribution in [0.1, 0.15) is 36.3 Å². The van der Waals surface area contributed by atoms with Crippen molar-refractivity contribution in [3.8, 4) is 0 Å². The van der Waals surface area contributed by atoms with Gasteiger partial charge in [0.05, 0.1) is 6.20 Å². The Hall–Kier alpha value is -3.18. The van der Waals surface area contributed by atoms with Gasteiger partial charge in [0.15, 0.2) is 5.65 Å². The first-order chi connectivity index (χ1) is 14.8. The van der Waals surface area contributed by atoms with Crippen LogP contribution in [0.5, 0.6) is 0 Å². The Morgan fingerprint density at radius 3 is 2.71 bits per heavy atom. The number of carbonyl (C=O) groups excluding carboxylic acids is 1. The lowest BCUT2D eigenvalue weighted by Crippen LogP contribution is -2.41. The number of rotatable bonds is 6. The van der Waals surface area contributed by atoms with Crippen LogP contribution in [0, 0.1) is 12.8 Å². The normalized spacial score (nSPS) is 15.5. The van der Waals surface area contributed by atoms with E-state index in [1.165, 1.54) is 6.07 Å². The largest absolute Gasteiger partial charge is 0.453 e. The van der Waals surface area contributed by atoms with E-state index in [2.05, 4.69) is 30.8 Å². The maximum Gasteiger partial charge on any atom is 0.453 e. The minimum atomic E-state index is -4.63. The Kier molecular flexibility index (Phi) is 5.79. The first-order valence-electron chi connectivity index (χ1n) is 10.1. The van der Waals surface area contributed by atoms with Crippen LogP contribution in [0.2, 0.25) is 0 Å². The first-order valence-corrected chi connectivity index (χ1v) is 10.1. The topological polar surface area (TPSA) is 104 Å². The maximum atomic E-state index is 13.1. The van der Waals surface area contributed by atoms with Gasteiger partial charge in [-0.25, -0.2) is 0 Å². The van der Waals surface area contributed by atoms with Crippen LogP contribution in [0.4, 0.5) is 19.0 Å². The third kappa shape index (κ3) is 4.62. The predicted octanol–water partition coefficient (Wildman–Crippen LogP) is 2.14. The fraction of sp³-hybridized carbons (Fsp3) is 0.526. The van der Waals surface area contributed by atoms with Crippen molar-refractivity contribution in [3.05, 3.63) is 35.4 Å². The van der Waals surface area contributed by atoms with E-state index in [9.17, 15) is 18.0 Å². The van der Waals surface area contributed by atoms with Crippen LogP contribution in [0.3, 0.4) is 0 Å². The number of aryl methyl sites for hydroxylation is 2. The van der Waals surface area contributed by atoms with E-state index in [1.807, 2.05) is 11.8 Å². The van der Waals surface area contributed by atoms with Crippen molar-refractivity contribution >= 4 is 17.4 Å². The van der Waals surface area contributed by atoms with E-state index in [4.69, 9.17) is 0 Å². The zero-order valence-corrected chi connectivity index (χ0v) is 17.0. The summed E-state index contributed by atoms with van der Waals surface area (Å²) in [6.45, 7) is 3.63. The van der Waals surface area contributed by atoms with Crippen molar-refractivity contribution in [2.45, 2.75) is 38.8 Å². The number of amides is 1. The molecular weight excluding hydrogens is 413 g/mol. The van der Waals surface area contributed by atoms with E-state index in [0.717, 1.165) is 28.6 Å². The number of aromatic nitrogens is 6. The second-order valence-corrected chi connectivity index (χ2v) is 7.66. The SMILES string of the molecule is Cc1[nH]ncc1CCCNC(=O)C1CCN(c2ccc3nnc(C(F)(F)F)n3n2)CC1. The summed E-state index contributed by atoms with van der Waals surface area (Å²) in [5.41, 5.74) is 2.23. The molecule has 166 valence electrons. The Balaban J connectivity index is 1.29. The van der Waals surface area contributed by atoms with Gasteiger partial charge in [0, 0.05) is 31.2 Å². The molecule has 1 aliphatic rings. The molecule has 0 atom stereocenters. The molecule has 9 nitrogen and oxygen atoms in total. The molecule has 12 heteroatoms. The van der Waals surface area contributed by atoms with Gasteiger partial charge in [0.25, 0.3) is 5.82 Å².